The normalized spacial score (nSPS) is 19.2. The Labute approximate surface area is 208 Å². The van der Waals surface area contributed by atoms with Gasteiger partial charge in [-0.3, -0.25) is 0 Å². The number of rotatable bonds is 6. The Morgan fingerprint density at radius 3 is 1.33 bits per heavy atom. The number of thiocarbonyl (C=S) groups is 2. The summed E-state index contributed by atoms with van der Waals surface area (Å²) in [6, 6.07) is 19.5. The van der Waals surface area contributed by atoms with Gasteiger partial charge in [0.1, 0.15) is 11.5 Å². The van der Waals surface area contributed by atoms with Crippen LogP contribution in [0.25, 0.3) is 0 Å². The van der Waals surface area contributed by atoms with Gasteiger partial charge in [0.15, 0.2) is 0 Å². The summed E-state index contributed by atoms with van der Waals surface area (Å²) in [4.78, 5) is 0. The van der Waals surface area contributed by atoms with Gasteiger partial charge >= 0.3 is 0 Å². The molecule has 2 aromatic rings. The van der Waals surface area contributed by atoms with E-state index in [2.05, 4.69) is 10.6 Å². The molecular formula is C27H34N2O2S2. The van der Waals surface area contributed by atoms with Gasteiger partial charge in [0.2, 0.25) is 0 Å². The molecule has 4 rings (SSSR count). The molecule has 33 heavy (non-hydrogen) atoms. The summed E-state index contributed by atoms with van der Waals surface area (Å²) in [6.07, 6.45) is 12.6. The maximum atomic E-state index is 5.97. The number of hydrogen-bond donors (Lipinski definition) is 2. The van der Waals surface area contributed by atoms with Crippen LogP contribution in [0.2, 0.25) is 0 Å². The first-order valence-electron chi connectivity index (χ1n) is 12.2. The summed E-state index contributed by atoms with van der Waals surface area (Å²) >= 11 is 11.3. The van der Waals surface area contributed by atoms with Crippen molar-refractivity contribution in [2.75, 3.05) is 0 Å². The molecule has 0 unspecified atom stereocenters. The Balaban J connectivity index is 1.48. The summed E-state index contributed by atoms with van der Waals surface area (Å²) in [5.74, 6) is 1.54. The van der Waals surface area contributed by atoms with Crippen molar-refractivity contribution in [3.8, 4) is 11.5 Å². The van der Waals surface area contributed by atoms with E-state index < -0.39 is 0 Å². The highest BCUT2D eigenvalue weighted by molar-refractivity contribution is 7.80. The van der Waals surface area contributed by atoms with Crippen molar-refractivity contribution >= 4 is 34.8 Å². The summed E-state index contributed by atoms with van der Waals surface area (Å²) in [5, 5.41) is 8.23. The second-order valence-corrected chi connectivity index (χ2v) is 10.3. The molecule has 4 nitrogen and oxygen atoms in total. The molecule has 2 N–H and O–H groups in total. The van der Waals surface area contributed by atoms with Gasteiger partial charge in [-0.05, 0) is 80.8 Å². The van der Waals surface area contributed by atoms with Crippen molar-refractivity contribution in [2.45, 2.75) is 81.7 Å². The summed E-state index contributed by atoms with van der Waals surface area (Å²) < 4.78 is 11.9. The lowest BCUT2D eigenvalue weighted by atomic mass is 9.68. The second-order valence-electron chi connectivity index (χ2n) is 9.51. The molecule has 0 radical (unpaired) electrons. The zero-order valence-electron chi connectivity index (χ0n) is 19.2. The lowest BCUT2D eigenvalue weighted by molar-refractivity contribution is 0.141. The number of nitrogens with one attached hydrogen (secondary N) is 2. The van der Waals surface area contributed by atoms with Crippen LogP contribution in [-0.2, 0) is 0 Å². The third-order valence-electron chi connectivity index (χ3n) is 6.94. The second kappa shape index (κ2) is 11.3. The van der Waals surface area contributed by atoms with Crippen LogP contribution in [0.15, 0.2) is 60.7 Å². The van der Waals surface area contributed by atoms with E-state index in [4.69, 9.17) is 33.9 Å². The van der Waals surface area contributed by atoms with Gasteiger partial charge in [0.25, 0.3) is 10.3 Å². The fourth-order valence-electron chi connectivity index (χ4n) is 5.47. The fourth-order valence-corrected chi connectivity index (χ4v) is 6.10. The first-order chi connectivity index (χ1) is 16.1. The molecule has 6 heteroatoms. The van der Waals surface area contributed by atoms with Crippen LogP contribution in [0.4, 0.5) is 0 Å². The minimum atomic E-state index is -0.100. The van der Waals surface area contributed by atoms with E-state index in [0.29, 0.717) is 10.3 Å². The van der Waals surface area contributed by atoms with Crippen LogP contribution in [0.3, 0.4) is 0 Å². The molecule has 0 spiro atoms. The van der Waals surface area contributed by atoms with Crippen molar-refractivity contribution in [3.63, 3.8) is 0 Å². The Kier molecular flexibility index (Phi) is 8.20. The lowest BCUT2D eigenvalue weighted by Crippen LogP contribution is -2.60. The maximum Gasteiger partial charge on any atom is 0.262 e. The Hall–Kier alpha value is -2.18. The monoisotopic (exact) mass is 482 g/mol. The highest BCUT2D eigenvalue weighted by Gasteiger charge is 2.44. The molecule has 0 atom stereocenters. The minimum Gasteiger partial charge on any atom is -0.432 e. The fraction of sp³-hybridized carbons (Fsp3) is 0.481. The van der Waals surface area contributed by atoms with Crippen molar-refractivity contribution < 1.29 is 9.47 Å². The van der Waals surface area contributed by atoms with E-state index in [-0.39, 0.29) is 11.1 Å². The third-order valence-corrected chi connectivity index (χ3v) is 7.31. The minimum absolute atomic E-state index is 0.100. The van der Waals surface area contributed by atoms with Crippen LogP contribution in [-0.4, -0.2) is 21.4 Å². The molecule has 2 saturated carbocycles. The van der Waals surface area contributed by atoms with E-state index in [1.807, 2.05) is 60.7 Å². The van der Waals surface area contributed by atoms with Crippen molar-refractivity contribution in [1.82, 2.24) is 10.6 Å². The number of hydrogen-bond acceptors (Lipinski definition) is 4. The van der Waals surface area contributed by atoms with Crippen LogP contribution in [0.5, 0.6) is 11.5 Å². The summed E-state index contributed by atoms with van der Waals surface area (Å²) in [5.41, 5.74) is -0.201. The summed E-state index contributed by atoms with van der Waals surface area (Å²) in [7, 11) is 0. The van der Waals surface area contributed by atoms with E-state index in [1.165, 1.54) is 38.5 Å². The van der Waals surface area contributed by atoms with Crippen LogP contribution < -0.4 is 20.1 Å². The molecule has 2 aliphatic carbocycles. The van der Waals surface area contributed by atoms with E-state index in [1.54, 1.807) is 0 Å². The third kappa shape index (κ3) is 6.90. The number of ether oxygens (including phenoxy) is 2. The molecule has 176 valence electrons. The van der Waals surface area contributed by atoms with E-state index in [9.17, 15) is 0 Å². The predicted molar refractivity (Wildman–Crippen MR) is 142 cm³/mol. The molecule has 2 aromatic carbocycles. The first kappa shape index (κ1) is 24.0. The van der Waals surface area contributed by atoms with Gasteiger partial charge < -0.3 is 20.1 Å². The Morgan fingerprint density at radius 2 is 0.970 bits per heavy atom. The van der Waals surface area contributed by atoms with Crippen molar-refractivity contribution in [1.29, 1.82) is 0 Å². The summed E-state index contributed by atoms with van der Waals surface area (Å²) in [6.45, 7) is 0. The average molecular weight is 483 g/mol. The molecular weight excluding hydrogens is 448 g/mol. The van der Waals surface area contributed by atoms with Gasteiger partial charge in [0.05, 0.1) is 0 Å². The molecule has 0 bridgehead atoms. The van der Waals surface area contributed by atoms with Gasteiger partial charge in [0, 0.05) is 11.1 Å². The quantitative estimate of drug-likeness (QED) is 0.447. The number of benzene rings is 2. The predicted octanol–water partition coefficient (Wildman–Crippen LogP) is 6.69. The molecule has 0 heterocycles. The standard InChI is InChI=1S/C27H34N2O2S2/c32-24(30-22-13-5-1-6-14-22)28-26(17-9-3-10-18-26)21-27(19-11-4-12-20-27)29-25(33)31-23-15-7-2-8-16-23/h1-2,5-8,13-16H,3-4,9-12,17-21H2,(H,28,32)(H,29,33). The van der Waals surface area contributed by atoms with Crippen molar-refractivity contribution in [2.24, 2.45) is 0 Å². The maximum absolute atomic E-state index is 5.97. The molecule has 0 aliphatic heterocycles. The first-order valence-corrected chi connectivity index (χ1v) is 13.0. The zero-order valence-corrected chi connectivity index (χ0v) is 20.8. The molecule has 0 amide bonds. The highest BCUT2D eigenvalue weighted by Crippen LogP contribution is 2.41. The SMILES string of the molecule is S=C(NC1(CC2(NC(=S)Oc3ccccc3)CCCCC2)CCCCC1)Oc1ccccc1. The van der Waals surface area contributed by atoms with Crippen LogP contribution in [0, 0.1) is 0 Å². The van der Waals surface area contributed by atoms with Crippen molar-refractivity contribution in [3.05, 3.63) is 60.7 Å². The topological polar surface area (TPSA) is 42.5 Å². The van der Waals surface area contributed by atoms with Crippen LogP contribution in [0.1, 0.15) is 70.6 Å². The Morgan fingerprint density at radius 1 is 0.606 bits per heavy atom. The molecule has 2 aliphatic rings. The molecule has 0 saturated heterocycles. The smallest absolute Gasteiger partial charge is 0.262 e. The molecule has 2 fully saturated rings. The zero-order chi connectivity index (χ0) is 23.0. The van der Waals surface area contributed by atoms with E-state index in [0.717, 1.165) is 43.6 Å². The average Bonchev–Trinajstić information content (AvgIpc) is 2.81. The van der Waals surface area contributed by atoms with Gasteiger partial charge in [-0.2, -0.15) is 0 Å². The van der Waals surface area contributed by atoms with E-state index >= 15 is 0 Å². The highest BCUT2D eigenvalue weighted by atomic mass is 32.1. The van der Waals surface area contributed by atoms with Gasteiger partial charge in [-0.15, -0.1) is 0 Å². The molecule has 0 aromatic heterocycles. The van der Waals surface area contributed by atoms with Gasteiger partial charge in [-0.1, -0.05) is 74.9 Å². The Bertz CT molecular complexity index is 833. The lowest BCUT2D eigenvalue weighted by Gasteiger charge is -2.48. The number of para-hydroxylation sites is 2. The van der Waals surface area contributed by atoms with Crippen LogP contribution >= 0.6 is 24.4 Å². The largest absolute Gasteiger partial charge is 0.432 e. The van der Waals surface area contributed by atoms with Gasteiger partial charge in [-0.25, -0.2) is 0 Å².